The van der Waals surface area contributed by atoms with Crippen molar-refractivity contribution in [3.8, 4) is 0 Å². The molecule has 130 valence electrons. The van der Waals surface area contributed by atoms with Gasteiger partial charge >= 0.3 is 12.1 Å². The van der Waals surface area contributed by atoms with Crippen LogP contribution in [0.25, 0.3) is 6.08 Å². The quantitative estimate of drug-likeness (QED) is 0.619. The predicted molar refractivity (Wildman–Crippen MR) is 93.9 cm³/mol. The SMILES string of the molecule is COC(=O)c1ncccc1C=CCCNC(=O)OCc1ccccc1. The van der Waals surface area contributed by atoms with Crippen molar-refractivity contribution in [3.05, 3.63) is 71.6 Å². The highest BCUT2D eigenvalue weighted by atomic mass is 16.5. The minimum Gasteiger partial charge on any atom is -0.464 e. The van der Waals surface area contributed by atoms with E-state index >= 15 is 0 Å². The Morgan fingerprint density at radius 2 is 1.96 bits per heavy atom. The molecule has 1 amide bonds. The van der Waals surface area contributed by atoms with Crippen molar-refractivity contribution in [3.63, 3.8) is 0 Å². The van der Waals surface area contributed by atoms with Crippen molar-refractivity contribution >= 4 is 18.1 Å². The lowest BCUT2D eigenvalue weighted by molar-refractivity contribution is 0.0593. The average Bonchev–Trinajstić information content (AvgIpc) is 2.66. The van der Waals surface area contributed by atoms with Crippen molar-refractivity contribution in [2.45, 2.75) is 13.0 Å². The number of rotatable bonds is 7. The Hall–Kier alpha value is -3.15. The molecule has 0 bridgehead atoms. The first-order valence-corrected chi connectivity index (χ1v) is 7.85. The maximum absolute atomic E-state index is 11.6. The number of amides is 1. The number of esters is 1. The molecule has 6 nitrogen and oxygen atoms in total. The van der Waals surface area contributed by atoms with Crippen LogP contribution >= 0.6 is 0 Å². The summed E-state index contributed by atoms with van der Waals surface area (Å²) in [7, 11) is 1.31. The molecule has 2 rings (SSSR count). The van der Waals surface area contributed by atoms with Crippen molar-refractivity contribution in [2.75, 3.05) is 13.7 Å². The van der Waals surface area contributed by atoms with Crippen molar-refractivity contribution in [2.24, 2.45) is 0 Å². The normalized spacial score (nSPS) is 10.4. The minimum absolute atomic E-state index is 0.237. The van der Waals surface area contributed by atoms with Crippen LogP contribution < -0.4 is 5.32 Å². The van der Waals surface area contributed by atoms with Crippen LogP contribution in [-0.4, -0.2) is 30.7 Å². The molecule has 1 N–H and O–H groups in total. The number of benzene rings is 1. The lowest BCUT2D eigenvalue weighted by Crippen LogP contribution is -2.24. The standard InChI is InChI=1S/C19H20N2O4/c1-24-18(22)17-16(11-7-13-20-17)10-5-6-12-21-19(23)25-14-15-8-3-2-4-9-15/h2-5,7-11,13H,6,12,14H2,1H3,(H,21,23). The number of alkyl carbamates (subject to hydrolysis) is 1. The molecule has 0 spiro atoms. The summed E-state index contributed by atoms with van der Waals surface area (Å²) in [5.41, 5.74) is 1.86. The summed E-state index contributed by atoms with van der Waals surface area (Å²) in [6.07, 6.45) is 5.29. The summed E-state index contributed by atoms with van der Waals surface area (Å²) in [5.74, 6) is -0.483. The molecule has 0 radical (unpaired) electrons. The van der Waals surface area contributed by atoms with Crippen LogP contribution in [0.2, 0.25) is 0 Å². The highest BCUT2D eigenvalue weighted by molar-refractivity contribution is 5.91. The Morgan fingerprint density at radius 1 is 1.16 bits per heavy atom. The summed E-state index contributed by atoms with van der Waals surface area (Å²) < 4.78 is 9.80. The Kier molecular flexibility index (Phi) is 7.18. The van der Waals surface area contributed by atoms with Gasteiger partial charge in [-0.3, -0.25) is 0 Å². The van der Waals surface area contributed by atoms with Gasteiger partial charge in [0.15, 0.2) is 5.69 Å². The molecule has 0 unspecified atom stereocenters. The monoisotopic (exact) mass is 340 g/mol. The molecule has 0 fully saturated rings. The van der Waals surface area contributed by atoms with Gasteiger partial charge in [-0.25, -0.2) is 14.6 Å². The zero-order valence-corrected chi connectivity index (χ0v) is 14.0. The molecule has 0 saturated carbocycles. The Morgan fingerprint density at radius 3 is 2.72 bits per heavy atom. The molecule has 6 heteroatoms. The molecule has 0 saturated heterocycles. The van der Waals surface area contributed by atoms with Crippen LogP contribution in [-0.2, 0) is 16.1 Å². The third-order valence-corrected chi connectivity index (χ3v) is 3.31. The van der Waals surface area contributed by atoms with E-state index in [1.54, 1.807) is 18.2 Å². The Balaban J connectivity index is 1.73. The van der Waals surface area contributed by atoms with Crippen molar-refractivity contribution in [1.29, 1.82) is 0 Å². The van der Waals surface area contributed by atoms with Crippen LogP contribution in [0.15, 0.2) is 54.7 Å². The van der Waals surface area contributed by atoms with E-state index in [1.807, 2.05) is 36.4 Å². The van der Waals surface area contributed by atoms with Crippen LogP contribution in [0.3, 0.4) is 0 Å². The van der Waals surface area contributed by atoms with Crippen LogP contribution in [0.4, 0.5) is 4.79 Å². The molecule has 0 aliphatic carbocycles. The first-order chi connectivity index (χ1) is 12.2. The molecular formula is C19H20N2O4. The van der Waals surface area contributed by atoms with Gasteiger partial charge < -0.3 is 14.8 Å². The fourth-order valence-electron chi connectivity index (χ4n) is 2.06. The first kappa shape index (κ1) is 18.2. The molecule has 1 aromatic carbocycles. The van der Waals surface area contributed by atoms with E-state index < -0.39 is 12.1 Å². The number of pyridine rings is 1. The van der Waals surface area contributed by atoms with Gasteiger partial charge in [0.1, 0.15) is 6.61 Å². The smallest absolute Gasteiger partial charge is 0.407 e. The van der Waals surface area contributed by atoms with Crippen LogP contribution in [0, 0.1) is 0 Å². The molecule has 25 heavy (non-hydrogen) atoms. The van der Waals surface area contributed by atoms with Gasteiger partial charge in [0.25, 0.3) is 0 Å². The number of nitrogens with one attached hydrogen (secondary N) is 1. The zero-order chi connectivity index (χ0) is 17.9. The Bertz CT molecular complexity index is 729. The summed E-state index contributed by atoms with van der Waals surface area (Å²) >= 11 is 0. The van der Waals surface area contributed by atoms with E-state index in [1.165, 1.54) is 13.3 Å². The van der Waals surface area contributed by atoms with Gasteiger partial charge in [-0.15, -0.1) is 0 Å². The molecule has 0 aliphatic rings. The second kappa shape index (κ2) is 9.87. The maximum Gasteiger partial charge on any atom is 0.407 e. The van der Waals surface area contributed by atoms with Gasteiger partial charge in [0.05, 0.1) is 7.11 Å². The Labute approximate surface area is 146 Å². The minimum atomic E-state index is -0.483. The highest BCUT2D eigenvalue weighted by Gasteiger charge is 2.10. The number of aromatic nitrogens is 1. The highest BCUT2D eigenvalue weighted by Crippen LogP contribution is 2.09. The fraction of sp³-hybridized carbons (Fsp3) is 0.211. The summed E-state index contributed by atoms with van der Waals surface area (Å²) in [5, 5.41) is 2.67. The number of hydrogen-bond donors (Lipinski definition) is 1. The van der Waals surface area contributed by atoms with Gasteiger partial charge in [-0.2, -0.15) is 0 Å². The summed E-state index contributed by atoms with van der Waals surface area (Å²) in [4.78, 5) is 27.2. The summed E-state index contributed by atoms with van der Waals surface area (Å²) in [6.45, 7) is 0.665. The van der Waals surface area contributed by atoms with E-state index in [-0.39, 0.29) is 12.3 Å². The molecule has 1 heterocycles. The number of methoxy groups -OCH3 is 1. The van der Waals surface area contributed by atoms with E-state index in [0.29, 0.717) is 18.5 Å². The second-order valence-corrected chi connectivity index (χ2v) is 5.11. The van der Waals surface area contributed by atoms with E-state index in [4.69, 9.17) is 9.47 Å². The molecule has 1 aromatic heterocycles. The lowest BCUT2D eigenvalue weighted by atomic mass is 10.1. The predicted octanol–water partition coefficient (Wildman–Crippen LogP) is 3.20. The fourth-order valence-corrected chi connectivity index (χ4v) is 2.06. The van der Waals surface area contributed by atoms with Crippen LogP contribution in [0.1, 0.15) is 28.0 Å². The average molecular weight is 340 g/mol. The van der Waals surface area contributed by atoms with E-state index in [0.717, 1.165) is 5.56 Å². The molecular weight excluding hydrogens is 320 g/mol. The zero-order valence-electron chi connectivity index (χ0n) is 14.0. The van der Waals surface area contributed by atoms with Gasteiger partial charge in [-0.05, 0) is 18.1 Å². The van der Waals surface area contributed by atoms with Gasteiger partial charge in [-0.1, -0.05) is 48.6 Å². The van der Waals surface area contributed by atoms with Gasteiger partial charge in [0.2, 0.25) is 0 Å². The second-order valence-electron chi connectivity index (χ2n) is 5.11. The largest absolute Gasteiger partial charge is 0.464 e. The first-order valence-electron chi connectivity index (χ1n) is 7.85. The van der Waals surface area contributed by atoms with Crippen molar-refractivity contribution < 1.29 is 19.1 Å². The molecule has 0 atom stereocenters. The third kappa shape index (κ3) is 6.10. The van der Waals surface area contributed by atoms with Crippen molar-refractivity contribution in [1.82, 2.24) is 10.3 Å². The lowest BCUT2D eigenvalue weighted by Gasteiger charge is -2.06. The molecule has 2 aromatic rings. The van der Waals surface area contributed by atoms with Gasteiger partial charge in [0, 0.05) is 18.3 Å². The van der Waals surface area contributed by atoms with Crippen LogP contribution in [0.5, 0.6) is 0 Å². The number of carbonyl (C=O) groups excluding carboxylic acids is 2. The topological polar surface area (TPSA) is 77.5 Å². The number of hydrogen-bond acceptors (Lipinski definition) is 5. The maximum atomic E-state index is 11.6. The number of ether oxygens (including phenoxy) is 2. The third-order valence-electron chi connectivity index (χ3n) is 3.31. The van der Waals surface area contributed by atoms with E-state index in [2.05, 4.69) is 10.3 Å². The number of carbonyl (C=O) groups is 2. The number of nitrogens with zero attached hydrogens (tertiary/aromatic N) is 1. The summed E-state index contributed by atoms with van der Waals surface area (Å²) in [6, 6.07) is 13.0. The molecule has 0 aliphatic heterocycles. The van der Waals surface area contributed by atoms with E-state index in [9.17, 15) is 9.59 Å².